The van der Waals surface area contributed by atoms with Gasteiger partial charge in [-0.25, -0.2) is 4.79 Å². The second-order valence-electron chi connectivity index (χ2n) is 12.7. The third kappa shape index (κ3) is 5.44. The number of methoxy groups -OCH3 is 1. The summed E-state index contributed by atoms with van der Waals surface area (Å²) in [5.74, 6) is -0.437. The van der Waals surface area contributed by atoms with Crippen molar-refractivity contribution in [2.24, 2.45) is 11.8 Å². The highest BCUT2D eigenvalue weighted by molar-refractivity contribution is 6.30. The number of aliphatic hydroxyl groups is 1. The Kier molecular flexibility index (Phi) is 8.03. The van der Waals surface area contributed by atoms with Crippen LogP contribution in [0, 0.1) is 11.8 Å². The Hall–Kier alpha value is -3.36. The topological polar surface area (TPSA) is 96.4 Å². The van der Waals surface area contributed by atoms with Crippen molar-refractivity contribution in [2.75, 3.05) is 45.3 Å². The number of carbonyl (C=O) groups is 3. The number of hydrogen-bond donors (Lipinski definition) is 1. The number of ether oxygens (including phenoxy) is 2. The fourth-order valence-electron chi connectivity index (χ4n) is 7.35. The Balaban J connectivity index is 1.47. The smallest absolute Gasteiger partial charge is 0.343 e. The molecule has 0 saturated heterocycles. The maximum Gasteiger partial charge on any atom is 0.343 e. The maximum atomic E-state index is 13.2. The number of esters is 1. The number of amides is 1. The number of hydrogen-bond acceptors (Lipinski definition) is 7. The summed E-state index contributed by atoms with van der Waals surface area (Å²) in [7, 11) is 2.84. The van der Waals surface area contributed by atoms with Gasteiger partial charge in [-0.05, 0) is 91.5 Å². The Morgan fingerprint density at radius 2 is 2.00 bits per heavy atom. The van der Waals surface area contributed by atoms with E-state index in [2.05, 4.69) is 17.0 Å². The molecule has 4 atom stereocenters. The molecule has 0 radical (unpaired) electrons. The summed E-state index contributed by atoms with van der Waals surface area (Å²) in [6, 6.07) is 11.3. The van der Waals surface area contributed by atoms with Crippen molar-refractivity contribution in [1.29, 1.82) is 0 Å². The standard InChI is InChI=1S/C34H39ClN2O6/c1-36-15-4-3-7-29(38)26-11-8-23(26)19-37-20-33(14-5-6-22-16-25(35)10-12-27(22)33)21-43-30-13-9-24(17-28(30)37)34(41,18-31(36)39)32(40)42-2/h3,7,9-10,12-13,16-17,23,26,41H,4-6,8,11,14-15,18-21H2,1-2H3/b7-3+/t23-,26+,33+,34-/m0/s1. The van der Waals surface area contributed by atoms with Crippen LogP contribution in [0.1, 0.15) is 55.2 Å². The number of aryl methyl sites for hydroxylation is 1. The van der Waals surface area contributed by atoms with Gasteiger partial charge in [0.15, 0.2) is 11.4 Å². The lowest BCUT2D eigenvalue weighted by Crippen LogP contribution is -2.49. The quantitative estimate of drug-likeness (QED) is 0.475. The number of rotatable bonds is 1. The zero-order valence-electron chi connectivity index (χ0n) is 24.8. The van der Waals surface area contributed by atoms with E-state index in [4.69, 9.17) is 21.1 Å². The first-order valence-corrected chi connectivity index (χ1v) is 15.6. The Morgan fingerprint density at radius 3 is 2.77 bits per heavy atom. The molecule has 2 aromatic rings. The molecule has 2 heterocycles. The Labute approximate surface area is 257 Å². The summed E-state index contributed by atoms with van der Waals surface area (Å²) in [6.45, 7) is 2.09. The lowest BCUT2D eigenvalue weighted by Gasteiger charge is -2.44. The van der Waals surface area contributed by atoms with Gasteiger partial charge in [0.05, 0.1) is 25.8 Å². The van der Waals surface area contributed by atoms with E-state index in [1.807, 2.05) is 12.1 Å². The minimum atomic E-state index is -2.18. The van der Waals surface area contributed by atoms with Crippen molar-refractivity contribution in [3.63, 3.8) is 0 Å². The van der Waals surface area contributed by atoms with Gasteiger partial charge in [-0.2, -0.15) is 0 Å². The monoisotopic (exact) mass is 606 g/mol. The van der Waals surface area contributed by atoms with E-state index in [1.54, 1.807) is 31.3 Å². The van der Waals surface area contributed by atoms with Crippen LogP contribution in [-0.2, 0) is 36.6 Å². The molecule has 0 aromatic heterocycles. The number of ketones is 1. The van der Waals surface area contributed by atoms with Crippen LogP contribution in [0.4, 0.5) is 5.69 Å². The summed E-state index contributed by atoms with van der Waals surface area (Å²) >= 11 is 6.39. The zero-order valence-corrected chi connectivity index (χ0v) is 25.6. The highest BCUT2D eigenvalue weighted by Gasteiger charge is 2.46. The molecule has 2 aliphatic carbocycles. The summed E-state index contributed by atoms with van der Waals surface area (Å²) in [5.41, 5.74) is 0.979. The molecule has 43 heavy (non-hydrogen) atoms. The molecule has 9 heteroatoms. The van der Waals surface area contributed by atoms with Gasteiger partial charge in [0.25, 0.3) is 0 Å². The second-order valence-corrected chi connectivity index (χ2v) is 13.1. The second kappa shape index (κ2) is 11.6. The molecule has 0 unspecified atom stereocenters. The molecule has 2 aliphatic heterocycles. The van der Waals surface area contributed by atoms with E-state index in [0.717, 1.165) is 42.8 Å². The molecular weight excluding hydrogens is 568 g/mol. The van der Waals surface area contributed by atoms with Gasteiger partial charge in [0, 0.05) is 43.0 Å². The average molecular weight is 607 g/mol. The molecule has 6 rings (SSSR count). The first-order valence-electron chi connectivity index (χ1n) is 15.2. The van der Waals surface area contributed by atoms with Gasteiger partial charge in [0.2, 0.25) is 5.91 Å². The number of carbonyl (C=O) groups excluding carboxylic acids is 3. The van der Waals surface area contributed by atoms with Crippen molar-refractivity contribution < 1.29 is 29.0 Å². The molecule has 1 N–H and O–H groups in total. The molecule has 1 amide bonds. The SMILES string of the molecule is COC(=O)[C@]1(O)CC(=O)N(C)CC/C=C/C(=O)[C@@H]2CC[C@H]2CN2C[C@]3(CCCc4cc(Cl)ccc43)COc3ccc1cc32. The molecule has 8 nitrogen and oxygen atoms in total. The van der Waals surface area contributed by atoms with E-state index in [1.165, 1.54) is 23.1 Å². The van der Waals surface area contributed by atoms with E-state index in [9.17, 15) is 19.5 Å². The summed E-state index contributed by atoms with van der Waals surface area (Å²) in [4.78, 5) is 43.3. The first-order chi connectivity index (χ1) is 20.6. The van der Waals surface area contributed by atoms with Crippen LogP contribution in [0.2, 0.25) is 5.02 Å². The van der Waals surface area contributed by atoms with Gasteiger partial charge in [-0.15, -0.1) is 0 Å². The third-order valence-corrected chi connectivity index (χ3v) is 10.3. The van der Waals surface area contributed by atoms with Crippen molar-refractivity contribution in [3.8, 4) is 5.75 Å². The van der Waals surface area contributed by atoms with Gasteiger partial charge >= 0.3 is 5.97 Å². The Morgan fingerprint density at radius 1 is 1.16 bits per heavy atom. The summed E-state index contributed by atoms with van der Waals surface area (Å²) < 4.78 is 11.6. The lowest BCUT2D eigenvalue weighted by atomic mass is 9.68. The average Bonchev–Trinajstić information content (AvgIpc) is 3.13. The number of benzene rings is 2. The first kappa shape index (κ1) is 29.7. The van der Waals surface area contributed by atoms with Crippen molar-refractivity contribution in [2.45, 2.75) is 56.0 Å². The normalized spacial score (nSPS) is 30.0. The van der Waals surface area contributed by atoms with Gasteiger partial charge in [0.1, 0.15) is 5.75 Å². The number of nitrogens with zero attached hydrogens (tertiary/aromatic N) is 2. The highest BCUT2D eigenvalue weighted by atomic mass is 35.5. The van der Waals surface area contributed by atoms with Gasteiger partial charge < -0.3 is 24.4 Å². The van der Waals surface area contributed by atoms with E-state index in [0.29, 0.717) is 38.4 Å². The zero-order chi connectivity index (χ0) is 30.4. The summed E-state index contributed by atoms with van der Waals surface area (Å²) in [5, 5.41) is 12.5. The van der Waals surface area contributed by atoms with E-state index >= 15 is 0 Å². The van der Waals surface area contributed by atoms with Crippen LogP contribution in [0.5, 0.6) is 5.75 Å². The van der Waals surface area contributed by atoms with Crippen LogP contribution in [0.15, 0.2) is 48.6 Å². The molecular formula is C34H39ClN2O6. The summed E-state index contributed by atoms with van der Waals surface area (Å²) in [6.07, 6.45) is 8.18. The van der Waals surface area contributed by atoms with Crippen molar-refractivity contribution >= 4 is 34.9 Å². The van der Waals surface area contributed by atoms with Crippen LogP contribution < -0.4 is 9.64 Å². The molecule has 1 saturated carbocycles. The number of allylic oxidation sites excluding steroid dienone is 1. The van der Waals surface area contributed by atoms with Crippen LogP contribution in [0.25, 0.3) is 0 Å². The number of halogens is 1. The predicted octanol–water partition coefficient (Wildman–Crippen LogP) is 4.58. The molecule has 4 aliphatic rings. The minimum absolute atomic E-state index is 0.0697. The maximum absolute atomic E-state index is 13.2. The molecule has 2 aromatic carbocycles. The van der Waals surface area contributed by atoms with Crippen molar-refractivity contribution in [1.82, 2.24) is 4.90 Å². The number of anilines is 1. The van der Waals surface area contributed by atoms with Crippen LogP contribution in [-0.4, -0.2) is 68.1 Å². The molecule has 1 spiro atoms. The minimum Gasteiger partial charge on any atom is -0.490 e. The molecule has 228 valence electrons. The molecule has 2 bridgehead atoms. The predicted molar refractivity (Wildman–Crippen MR) is 163 cm³/mol. The largest absolute Gasteiger partial charge is 0.490 e. The van der Waals surface area contributed by atoms with Gasteiger partial charge in [-0.3, -0.25) is 9.59 Å². The van der Waals surface area contributed by atoms with E-state index in [-0.39, 0.29) is 28.6 Å². The number of fused-ring (bicyclic) bond motifs is 4. The van der Waals surface area contributed by atoms with Crippen LogP contribution >= 0.6 is 11.6 Å². The van der Waals surface area contributed by atoms with Crippen molar-refractivity contribution in [3.05, 3.63) is 70.3 Å². The van der Waals surface area contributed by atoms with Crippen LogP contribution in [0.3, 0.4) is 0 Å². The highest BCUT2D eigenvalue weighted by Crippen LogP contribution is 2.47. The fourth-order valence-corrected chi connectivity index (χ4v) is 7.54. The lowest BCUT2D eigenvalue weighted by molar-refractivity contribution is -0.168. The Bertz CT molecular complexity index is 1470. The fraction of sp³-hybridized carbons (Fsp3) is 0.500. The van der Waals surface area contributed by atoms with E-state index < -0.39 is 23.9 Å². The third-order valence-electron chi connectivity index (χ3n) is 10.0. The van der Waals surface area contributed by atoms with Gasteiger partial charge in [-0.1, -0.05) is 29.8 Å². The molecule has 1 fully saturated rings.